The third-order valence-electron chi connectivity index (χ3n) is 11.1. The Kier molecular flexibility index (Phi) is 13.2. The number of ether oxygens (including phenoxy) is 5. The van der Waals surface area contributed by atoms with Crippen molar-refractivity contribution in [1.82, 2.24) is 24.2 Å². The third kappa shape index (κ3) is 8.41. The van der Waals surface area contributed by atoms with Crippen molar-refractivity contribution in [3.05, 3.63) is 112 Å². The average molecular weight is 852 g/mol. The maximum absolute atomic E-state index is 13.4. The molecule has 0 radical (unpaired) electrons. The Morgan fingerprint density at radius 2 is 1.59 bits per heavy atom. The van der Waals surface area contributed by atoms with Gasteiger partial charge in [0.2, 0.25) is 11.9 Å². The quantitative estimate of drug-likeness (QED) is 0.0519. The van der Waals surface area contributed by atoms with Crippen molar-refractivity contribution in [2.24, 2.45) is 5.92 Å². The van der Waals surface area contributed by atoms with Crippen LogP contribution in [0.2, 0.25) is 0 Å². The van der Waals surface area contributed by atoms with Gasteiger partial charge in [0, 0.05) is 18.0 Å². The van der Waals surface area contributed by atoms with Crippen LogP contribution in [-0.2, 0) is 29.1 Å². The Balaban J connectivity index is 1.40. The first kappa shape index (κ1) is 43.9. The zero-order valence-electron chi connectivity index (χ0n) is 35.8. The predicted molar refractivity (Wildman–Crippen MR) is 231 cm³/mol. The van der Waals surface area contributed by atoms with Gasteiger partial charge >= 0.3 is 0 Å². The highest BCUT2D eigenvalue weighted by atomic mass is 31.2. The molecular formula is C45H54N7O8P. The number of rotatable bonds is 18. The average Bonchev–Trinajstić information content (AvgIpc) is 3.94. The molecule has 5 atom stereocenters. The molecule has 0 saturated carbocycles. The molecule has 0 aliphatic carbocycles. The second kappa shape index (κ2) is 18.4. The van der Waals surface area contributed by atoms with Gasteiger partial charge < -0.3 is 28.2 Å². The van der Waals surface area contributed by atoms with E-state index in [0.29, 0.717) is 11.5 Å². The molecule has 5 aromatic rings. The molecule has 15 nitrogen and oxygen atoms in total. The van der Waals surface area contributed by atoms with Crippen LogP contribution in [0.5, 0.6) is 11.5 Å². The molecule has 2 N–H and O–H groups in total. The van der Waals surface area contributed by atoms with Crippen LogP contribution in [-0.4, -0.2) is 93.6 Å². The largest absolute Gasteiger partial charge is 0.497 e. The number of anilines is 1. The number of H-pyrrole nitrogens is 1. The summed E-state index contributed by atoms with van der Waals surface area (Å²) in [4.78, 5) is 37.9. The van der Waals surface area contributed by atoms with Crippen LogP contribution in [0.15, 0.2) is 90.0 Å². The van der Waals surface area contributed by atoms with E-state index in [4.69, 9.17) is 28.2 Å². The van der Waals surface area contributed by atoms with Crippen LogP contribution in [0, 0.1) is 17.2 Å². The fourth-order valence-electron chi connectivity index (χ4n) is 8.33. The van der Waals surface area contributed by atoms with Gasteiger partial charge in [-0.25, -0.2) is 4.98 Å². The van der Waals surface area contributed by atoms with Crippen molar-refractivity contribution < 1.29 is 33.0 Å². The van der Waals surface area contributed by atoms with Gasteiger partial charge in [0.15, 0.2) is 17.4 Å². The smallest absolute Gasteiger partial charge is 0.280 e. The van der Waals surface area contributed by atoms with Gasteiger partial charge in [-0.1, -0.05) is 68.4 Å². The number of amides is 1. The molecule has 2 saturated heterocycles. The van der Waals surface area contributed by atoms with Gasteiger partial charge in [0.25, 0.3) is 5.56 Å². The van der Waals surface area contributed by atoms with Crippen LogP contribution in [0.4, 0.5) is 5.95 Å². The summed E-state index contributed by atoms with van der Waals surface area (Å²) in [5.74, 6) is 0.738. The number of methoxy groups -OCH3 is 2. The second-order valence-electron chi connectivity index (χ2n) is 16.1. The topological polar surface area (TPSA) is 175 Å². The monoisotopic (exact) mass is 851 g/mol. The lowest BCUT2D eigenvalue weighted by molar-refractivity contribution is -0.198. The van der Waals surface area contributed by atoms with E-state index in [1.165, 1.54) is 6.33 Å². The fraction of sp³-hybridized carbons (Fsp3) is 0.444. The van der Waals surface area contributed by atoms with Crippen molar-refractivity contribution >= 4 is 31.3 Å². The highest BCUT2D eigenvalue weighted by Gasteiger charge is 2.67. The van der Waals surface area contributed by atoms with Gasteiger partial charge in [-0.15, -0.1) is 0 Å². The van der Waals surface area contributed by atoms with Crippen molar-refractivity contribution in [3.63, 3.8) is 0 Å². The van der Waals surface area contributed by atoms with E-state index in [2.05, 4.69) is 58.7 Å². The summed E-state index contributed by atoms with van der Waals surface area (Å²) >= 11 is 0. The van der Waals surface area contributed by atoms with Gasteiger partial charge in [-0.05, 0) is 68.7 Å². The number of benzene rings is 3. The van der Waals surface area contributed by atoms with Crippen LogP contribution in [0.25, 0.3) is 11.2 Å². The number of fused-ring (bicyclic) bond motifs is 3. The molecule has 2 fully saturated rings. The Bertz CT molecular complexity index is 2330. The highest BCUT2D eigenvalue weighted by molar-refractivity contribution is 7.51. The summed E-state index contributed by atoms with van der Waals surface area (Å²) in [6.45, 7) is 12.4. The number of hydrogen-bond donors (Lipinski definition) is 2. The molecular weight excluding hydrogens is 798 g/mol. The number of aromatic amines is 1. The SMILES string of the molecule is COc1ccc(C(OC[C@@]23CO[C@@H]([C@H](n4cnc5c(=O)[nH]c(NC(=O)C(C)C)nc54)O2)[C@@H]3P(OCCC#N)N(C(C)C)C(C)C)(c2ccccc2)c2ccc(OC)cc2)cc1. The molecule has 322 valence electrons. The van der Waals surface area contributed by atoms with Crippen molar-refractivity contribution in [3.8, 4) is 17.6 Å². The van der Waals surface area contributed by atoms with Gasteiger partial charge in [0.05, 0.1) is 58.5 Å². The number of nitrogens with one attached hydrogen (secondary N) is 2. The van der Waals surface area contributed by atoms with E-state index in [1.54, 1.807) is 32.6 Å². The van der Waals surface area contributed by atoms with Crippen molar-refractivity contribution in [2.75, 3.05) is 39.4 Å². The molecule has 1 unspecified atom stereocenters. The number of aromatic nitrogens is 4. The van der Waals surface area contributed by atoms with Gasteiger partial charge in [-0.2, -0.15) is 10.2 Å². The minimum absolute atomic E-state index is 0.00358. The summed E-state index contributed by atoms with van der Waals surface area (Å²) in [6.07, 6.45) is 0.252. The van der Waals surface area contributed by atoms with E-state index >= 15 is 0 Å². The molecule has 7 rings (SSSR count). The summed E-state index contributed by atoms with van der Waals surface area (Å²) in [5.41, 5.74) is -0.398. The highest BCUT2D eigenvalue weighted by Crippen LogP contribution is 2.64. The van der Waals surface area contributed by atoms with Gasteiger partial charge in [-0.3, -0.25) is 29.1 Å². The van der Waals surface area contributed by atoms with Crippen LogP contribution >= 0.6 is 8.30 Å². The van der Waals surface area contributed by atoms with Crippen molar-refractivity contribution in [1.29, 1.82) is 5.26 Å². The lowest BCUT2D eigenvalue weighted by Crippen LogP contribution is -2.50. The first-order chi connectivity index (χ1) is 29.4. The number of nitriles is 1. The molecule has 4 heterocycles. The van der Waals surface area contributed by atoms with Crippen LogP contribution < -0.4 is 20.3 Å². The Hall–Kier alpha value is -5.20. The zero-order chi connectivity index (χ0) is 43.5. The molecule has 16 heteroatoms. The van der Waals surface area contributed by atoms with E-state index in [-0.39, 0.29) is 67.3 Å². The number of imidazole rings is 1. The first-order valence-electron chi connectivity index (χ1n) is 20.5. The lowest BCUT2D eigenvalue weighted by Gasteiger charge is -2.44. The summed E-state index contributed by atoms with van der Waals surface area (Å²) in [6, 6.07) is 28.1. The Labute approximate surface area is 357 Å². The van der Waals surface area contributed by atoms with E-state index in [1.807, 2.05) is 78.9 Å². The molecule has 61 heavy (non-hydrogen) atoms. The molecule has 2 aliphatic rings. The minimum Gasteiger partial charge on any atom is -0.497 e. The number of carbonyl (C=O) groups excluding carboxylic acids is 1. The molecule has 0 spiro atoms. The molecule has 2 aliphatic heterocycles. The number of hydrogen-bond acceptors (Lipinski definition) is 12. The molecule has 2 aromatic heterocycles. The predicted octanol–water partition coefficient (Wildman–Crippen LogP) is 7.14. The number of nitrogens with zero attached hydrogens (tertiary/aromatic N) is 5. The fourth-order valence-corrected chi connectivity index (χ4v) is 11.2. The number of carbonyl (C=O) groups is 1. The van der Waals surface area contributed by atoms with Crippen LogP contribution in [0.3, 0.4) is 0 Å². The summed E-state index contributed by atoms with van der Waals surface area (Å²) in [5, 5.41) is 12.3. The van der Waals surface area contributed by atoms with Gasteiger partial charge in [0.1, 0.15) is 37.1 Å². The Morgan fingerprint density at radius 3 is 2.15 bits per heavy atom. The summed E-state index contributed by atoms with van der Waals surface area (Å²) < 4.78 is 43.7. The molecule has 1 amide bonds. The third-order valence-corrected chi connectivity index (χ3v) is 14.2. The normalized spacial score (nSPS) is 20.5. The van der Waals surface area contributed by atoms with Crippen LogP contribution in [0.1, 0.15) is 70.9 Å². The van der Waals surface area contributed by atoms with E-state index in [0.717, 1.165) is 16.7 Å². The molecule has 2 bridgehead atoms. The Morgan fingerprint density at radius 1 is 0.984 bits per heavy atom. The lowest BCUT2D eigenvalue weighted by atomic mass is 9.79. The maximum Gasteiger partial charge on any atom is 0.280 e. The molecule has 3 aromatic carbocycles. The summed E-state index contributed by atoms with van der Waals surface area (Å²) in [7, 11) is 1.73. The maximum atomic E-state index is 13.4. The van der Waals surface area contributed by atoms with E-state index in [9.17, 15) is 14.9 Å². The minimum atomic E-state index is -1.54. The second-order valence-corrected chi connectivity index (χ2v) is 18.0. The standard InChI is InChI=1S/C45H54N7O8P/c1-28(2)40(53)49-43-48-39-36(41(54)50-43)47-27-51(39)42-37-38(61(59-24-12-23-46)52(29(3)4)30(5)6)44(60-42,25-57-37)26-58-45(31-13-10-9-11-14-31,32-15-19-34(55-7)20-16-32)33-17-21-35(56-8)22-18-33/h9-11,13-22,27-30,37-38,42H,12,24-26H2,1-8H3,(H2,48,49,50,53,54)/t37-,38+,42-,44-,61?/m1/s1. The van der Waals surface area contributed by atoms with E-state index < -0.39 is 43.1 Å². The van der Waals surface area contributed by atoms with Crippen molar-refractivity contribution in [2.45, 2.75) is 89.2 Å². The first-order valence-corrected chi connectivity index (χ1v) is 21.8. The zero-order valence-corrected chi connectivity index (χ0v) is 36.7.